The van der Waals surface area contributed by atoms with Crippen LogP contribution in [0.3, 0.4) is 0 Å². The lowest BCUT2D eigenvalue weighted by Gasteiger charge is -2.32. The van der Waals surface area contributed by atoms with E-state index in [1.807, 2.05) is 0 Å². The largest absolute Gasteiger partial charge is 0.451 e. The van der Waals surface area contributed by atoms with Crippen molar-refractivity contribution in [3.05, 3.63) is 46.8 Å². The molecule has 3 atom stereocenters. The van der Waals surface area contributed by atoms with Gasteiger partial charge in [0.25, 0.3) is 0 Å². The Hall–Kier alpha value is -4.38. The van der Waals surface area contributed by atoms with Crippen LogP contribution in [0.2, 0.25) is 0 Å². The van der Waals surface area contributed by atoms with Gasteiger partial charge in [0.2, 0.25) is 23.5 Å². The number of rotatable bonds is 9. The molecule has 0 saturated carbocycles. The Kier molecular flexibility index (Phi) is 11.2. The molecule has 0 bridgehead atoms. The third-order valence-corrected chi connectivity index (χ3v) is 8.13. The number of hydrogen-bond donors (Lipinski definition) is 2. The maximum Gasteiger partial charge on any atom is 0.451 e. The van der Waals surface area contributed by atoms with Gasteiger partial charge in [0.15, 0.2) is 17.5 Å². The molecule has 18 heteroatoms. The second kappa shape index (κ2) is 14.6. The summed E-state index contributed by atoms with van der Waals surface area (Å²) in [6.45, 7) is 7.83. The third kappa shape index (κ3) is 9.20. The molecule has 0 aliphatic carbocycles. The minimum absolute atomic E-state index is 0.112. The topological polar surface area (TPSA) is 139 Å². The van der Waals surface area contributed by atoms with E-state index in [1.165, 1.54) is 9.80 Å². The number of carbonyl (C=O) groups excluding carboxylic acids is 4. The summed E-state index contributed by atoms with van der Waals surface area (Å²) in [7, 11) is 0. The molecule has 49 heavy (non-hydrogen) atoms. The van der Waals surface area contributed by atoms with Gasteiger partial charge >= 0.3 is 12.3 Å². The number of ether oxygens (including phenoxy) is 1. The van der Waals surface area contributed by atoms with Gasteiger partial charge in [0, 0.05) is 38.2 Å². The highest BCUT2D eigenvalue weighted by Gasteiger charge is 2.42. The summed E-state index contributed by atoms with van der Waals surface area (Å²) in [5, 5.41) is 11.9. The van der Waals surface area contributed by atoms with Crippen molar-refractivity contribution in [3.63, 3.8) is 0 Å². The number of nitrogens with zero attached hydrogens (tertiary/aromatic N) is 5. The summed E-state index contributed by atoms with van der Waals surface area (Å²) in [6.07, 6.45) is -5.89. The number of alkyl halides is 3. The van der Waals surface area contributed by atoms with Crippen molar-refractivity contribution < 1.29 is 50.3 Å². The Labute approximate surface area is 278 Å². The highest BCUT2D eigenvalue weighted by atomic mass is 19.4. The van der Waals surface area contributed by atoms with Gasteiger partial charge in [0.05, 0.1) is 6.54 Å². The van der Waals surface area contributed by atoms with Gasteiger partial charge in [-0.25, -0.2) is 18.0 Å². The van der Waals surface area contributed by atoms with Crippen molar-refractivity contribution in [2.24, 2.45) is 5.92 Å². The molecule has 2 aliphatic rings. The molecular weight excluding hydrogens is 664 g/mol. The molecule has 0 radical (unpaired) electrons. The molecule has 2 unspecified atom stereocenters. The molecule has 1 aromatic heterocycles. The number of aromatic nitrogens is 3. The second-order valence-electron chi connectivity index (χ2n) is 13.4. The minimum atomic E-state index is -4.75. The molecule has 4 rings (SSSR count). The summed E-state index contributed by atoms with van der Waals surface area (Å²) >= 11 is 0. The first-order valence-electron chi connectivity index (χ1n) is 15.8. The number of hydrogen-bond acceptors (Lipinski definition) is 7. The van der Waals surface area contributed by atoms with Gasteiger partial charge in [-0.3, -0.25) is 14.4 Å². The summed E-state index contributed by atoms with van der Waals surface area (Å²) in [6, 6.07) is -2.35. The van der Waals surface area contributed by atoms with E-state index in [-0.39, 0.29) is 44.0 Å². The fourth-order valence-electron chi connectivity index (χ4n) is 5.81. The van der Waals surface area contributed by atoms with E-state index in [0.717, 1.165) is 4.57 Å². The van der Waals surface area contributed by atoms with Crippen LogP contribution in [0.1, 0.15) is 71.1 Å². The van der Waals surface area contributed by atoms with Crippen molar-refractivity contribution in [3.8, 4) is 0 Å². The Morgan fingerprint density at radius 1 is 0.959 bits per heavy atom. The molecule has 1 aromatic carbocycles. The van der Waals surface area contributed by atoms with Crippen LogP contribution in [0.25, 0.3) is 0 Å². The number of benzene rings is 1. The van der Waals surface area contributed by atoms with E-state index in [9.17, 15) is 45.5 Å². The predicted octanol–water partition coefficient (Wildman–Crippen LogP) is 3.71. The van der Waals surface area contributed by atoms with Gasteiger partial charge in [-0.15, -0.1) is 10.2 Å². The van der Waals surface area contributed by atoms with E-state index in [1.54, 1.807) is 34.6 Å². The zero-order chi connectivity index (χ0) is 36.4. The molecule has 12 nitrogen and oxygen atoms in total. The van der Waals surface area contributed by atoms with Crippen LogP contribution in [0.5, 0.6) is 0 Å². The monoisotopic (exact) mass is 703 g/mol. The number of halogens is 6. The molecule has 0 spiro atoms. The normalized spacial score (nSPS) is 17.8. The summed E-state index contributed by atoms with van der Waals surface area (Å²) in [5.74, 6) is -7.52. The van der Waals surface area contributed by atoms with Crippen LogP contribution in [-0.4, -0.2) is 85.2 Å². The quantitative estimate of drug-likeness (QED) is 0.300. The Balaban J connectivity index is 1.52. The van der Waals surface area contributed by atoms with Crippen LogP contribution < -0.4 is 10.6 Å². The van der Waals surface area contributed by atoms with E-state index >= 15 is 0 Å². The highest BCUT2D eigenvalue weighted by molar-refractivity contribution is 5.92. The summed E-state index contributed by atoms with van der Waals surface area (Å²) in [5.41, 5.74) is -1.17. The standard InChI is InChI=1S/C31H39F6N7O5/c1-16(2)25(39-29(48)49-30(3,4)5)27(47)43-8-6-7-22(43)26(46)38-18(11-17-12-20(33)21(34)14-19(17)32)13-24(45)42-9-10-44-23(15-42)40-41-28(44)31(35,36)37/h12,14,16,18,22,25H,6-11,13,15H2,1-5H3,(H,38,46)(H,39,48)/t18-,22?,25?/m1/s1. The van der Waals surface area contributed by atoms with Crippen LogP contribution in [-0.2, 0) is 44.8 Å². The molecule has 2 N–H and O–H groups in total. The number of amides is 4. The molecular formula is C31H39F6N7O5. The van der Waals surface area contributed by atoms with Crippen molar-refractivity contribution in [2.75, 3.05) is 13.1 Å². The van der Waals surface area contributed by atoms with E-state index in [4.69, 9.17) is 4.74 Å². The van der Waals surface area contributed by atoms with E-state index in [0.29, 0.717) is 18.6 Å². The lowest BCUT2D eigenvalue weighted by Crippen LogP contribution is -2.56. The molecule has 2 aliphatic heterocycles. The van der Waals surface area contributed by atoms with Crippen molar-refractivity contribution in [2.45, 2.75) is 103 Å². The molecule has 1 fully saturated rings. The fourth-order valence-corrected chi connectivity index (χ4v) is 5.81. The maximum absolute atomic E-state index is 14.7. The Bertz CT molecular complexity index is 1570. The fraction of sp³-hybridized carbons (Fsp3) is 0.613. The molecule has 3 heterocycles. The van der Waals surface area contributed by atoms with Gasteiger partial charge in [-0.1, -0.05) is 13.8 Å². The first kappa shape index (κ1) is 37.4. The lowest BCUT2D eigenvalue weighted by atomic mass is 10.00. The number of nitrogens with one attached hydrogen (secondary N) is 2. The number of likely N-dealkylation sites (tertiary alicyclic amines) is 1. The summed E-state index contributed by atoms with van der Waals surface area (Å²) in [4.78, 5) is 55.7. The first-order valence-corrected chi connectivity index (χ1v) is 15.8. The van der Waals surface area contributed by atoms with Gasteiger partial charge in [-0.2, -0.15) is 13.2 Å². The van der Waals surface area contributed by atoms with Crippen molar-refractivity contribution in [1.82, 2.24) is 35.2 Å². The highest BCUT2D eigenvalue weighted by Crippen LogP contribution is 2.30. The molecule has 1 saturated heterocycles. The molecule has 4 amide bonds. The predicted molar refractivity (Wildman–Crippen MR) is 160 cm³/mol. The minimum Gasteiger partial charge on any atom is -0.444 e. The molecule has 2 aromatic rings. The smallest absolute Gasteiger partial charge is 0.444 e. The van der Waals surface area contributed by atoms with Gasteiger partial charge < -0.3 is 29.7 Å². The number of carbonyl (C=O) groups is 4. The maximum atomic E-state index is 14.7. The average molecular weight is 704 g/mol. The second-order valence-corrected chi connectivity index (χ2v) is 13.4. The third-order valence-electron chi connectivity index (χ3n) is 8.13. The zero-order valence-electron chi connectivity index (χ0n) is 27.7. The molecule has 270 valence electrons. The van der Waals surface area contributed by atoms with Gasteiger partial charge in [-0.05, 0) is 57.6 Å². The summed E-state index contributed by atoms with van der Waals surface area (Å²) < 4.78 is 88.4. The van der Waals surface area contributed by atoms with Crippen LogP contribution in [0, 0.1) is 23.4 Å². The van der Waals surface area contributed by atoms with E-state index in [2.05, 4.69) is 20.8 Å². The van der Waals surface area contributed by atoms with Crippen LogP contribution in [0.4, 0.5) is 31.1 Å². The number of alkyl carbamates (subject to hydrolysis) is 1. The van der Waals surface area contributed by atoms with Gasteiger partial charge in [0.1, 0.15) is 23.5 Å². The first-order chi connectivity index (χ1) is 22.7. The zero-order valence-corrected chi connectivity index (χ0v) is 27.7. The van der Waals surface area contributed by atoms with Crippen LogP contribution in [0.15, 0.2) is 12.1 Å². The number of fused-ring (bicyclic) bond motifs is 1. The lowest BCUT2D eigenvalue weighted by molar-refractivity contribution is -0.148. The Morgan fingerprint density at radius 2 is 1.63 bits per heavy atom. The SMILES string of the molecule is CC(C)C(NC(=O)OC(C)(C)C)C(=O)N1CCCC1C(=O)N[C@@H](CC(=O)N1CCn2c(nnc2C(F)(F)F)C1)Cc1cc(F)c(F)cc1F. The van der Waals surface area contributed by atoms with E-state index < -0.39 is 95.8 Å². The average Bonchev–Trinajstić information content (AvgIpc) is 3.65. The van der Waals surface area contributed by atoms with Crippen molar-refractivity contribution >= 4 is 23.8 Å². The van der Waals surface area contributed by atoms with Crippen molar-refractivity contribution in [1.29, 1.82) is 0 Å². The van der Waals surface area contributed by atoms with Crippen LogP contribution >= 0.6 is 0 Å². The Morgan fingerprint density at radius 3 is 2.27 bits per heavy atom.